The fourth-order valence-corrected chi connectivity index (χ4v) is 3.18. The molecule has 4 N–H and O–H groups in total. The third-order valence-corrected chi connectivity index (χ3v) is 4.60. The minimum absolute atomic E-state index is 0. The van der Waals surface area contributed by atoms with E-state index < -0.39 is 0 Å². The van der Waals surface area contributed by atoms with Crippen LogP contribution in [0.15, 0.2) is 24.3 Å². The van der Waals surface area contributed by atoms with Gasteiger partial charge in [0.05, 0.1) is 5.52 Å². The van der Waals surface area contributed by atoms with Crippen LogP contribution in [0.5, 0.6) is 0 Å². The summed E-state index contributed by atoms with van der Waals surface area (Å²) in [7, 11) is 0. The standard InChI is InChI=1S/C18H25N5O2.ClH/c24-16(20-10-7-13-4-3-9-19-12-13)8-11-21-18(25)17-14-5-1-2-6-15(14)22-23-17;/h1-2,5-6,13,19H,3-4,7-12H2,(H,20,24)(H,21,25)(H,22,23);1H. The topological polar surface area (TPSA) is 98.9 Å². The Morgan fingerprint density at radius 2 is 2.04 bits per heavy atom. The van der Waals surface area contributed by atoms with E-state index in [4.69, 9.17) is 0 Å². The van der Waals surface area contributed by atoms with Crippen molar-refractivity contribution in [2.45, 2.75) is 25.7 Å². The van der Waals surface area contributed by atoms with Gasteiger partial charge in [0.1, 0.15) is 0 Å². The molecule has 1 aliphatic rings. The van der Waals surface area contributed by atoms with Gasteiger partial charge in [-0.1, -0.05) is 18.2 Å². The molecule has 0 saturated carbocycles. The molecule has 0 radical (unpaired) electrons. The van der Waals surface area contributed by atoms with Crippen molar-refractivity contribution >= 4 is 35.1 Å². The van der Waals surface area contributed by atoms with Crippen molar-refractivity contribution in [3.8, 4) is 0 Å². The second-order valence-corrected chi connectivity index (χ2v) is 6.47. The quantitative estimate of drug-likeness (QED) is 0.587. The van der Waals surface area contributed by atoms with Crippen molar-refractivity contribution < 1.29 is 9.59 Å². The lowest BCUT2D eigenvalue weighted by atomic mass is 9.96. The monoisotopic (exact) mass is 379 g/mol. The Kier molecular flexibility index (Phi) is 7.87. The van der Waals surface area contributed by atoms with Crippen LogP contribution in [0.4, 0.5) is 0 Å². The number of benzene rings is 1. The molecule has 1 aromatic heterocycles. The summed E-state index contributed by atoms with van der Waals surface area (Å²) in [5.41, 5.74) is 1.18. The van der Waals surface area contributed by atoms with Crippen molar-refractivity contribution in [3.05, 3.63) is 30.0 Å². The molecule has 2 aromatic rings. The number of amides is 2. The van der Waals surface area contributed by atoms with E-state index in [1.54, 1.807) is 0 Å². The van der Waals surface area contributed by atoms with Gasteiger partial charge in [-0.3, -0.25) is 14.7 Å². The molecule has 0 spiro atoms. The smallest absolute Gasteiger partial charge is 0.272 e. The summed E-state index contributed by atoms with van der Waals surface area (Å²) >= 11 is 0. The first-order valence-electron chi connectivity index (χ1n) is 8.93. The zero-order chi connectivity index (χ0) is 17.5. The summed E-state index contributed by atoms with van der Waals surface area (Å²) in [5.74, 6) is 0.358. The van der Waals surface area contributed by atoms with E-state index in [1.165, 1.54) is 12.8 Å². The lowest BCUT2D eigenvalue weighted by molar-refractivity contribution is -0.121. The second kappa shape index (κ2) is 10.1. The Morgan fingerprint density at radius 3 is 2.85 bits per heavy atom. The number of rotatable bonds is 7. The van der Waals surface area contributed by atoms with Crippen molar-refractivity contribution in [1.29, 1.82) is 0 Å². The zero-order valence-electron chi connectivity index (χ0n) is 14.7. The van der Waals surface area contributed by atoms with E-state index in [9.17, 15) is 9.59 Å². The summed E-state index contributed by atoms with van der Waals surface area (Å²) in [6.07, 6.45) is 3.73. The fraction of sp³-hybridized carbons (Fsp3) is 0.500. The van der Waals surface area contributed by atoms with Gasteiger partial charge in [-0.05, 0) is 44.3 Å². The molecule has 7 nitrogen and oxygen atoms in total. The molecule has 0 bridgehead atoms. The van der Waals surface area contributed by atoms with Gasteiger partial charge in [-0.2, -0.15) is 5.10 Å². The molecule has 1 saturated heterocycles. The van der Waals surface area contributed by atoms with E-state index in [2.05, 4.69) is 26.1 Å². The third kappa shape index (κ3) is 5.44. The molecule has 1 aliphatic heterocycles. The normalized spacial score (nSPS) is 16.7. The van der Waals surface area contributed by atoms with Crippen LogP contribution in [0.25, 0.3) is 10.9 Å². The van der Waals surface area contributed by atoms with Crippen LogP contribution >= 0.6 is 12.4 Å². The number of para-hydroxylation sites is 1. The molecule has 1 aromatic carbocycles. The summed E-state index contributed by atoms with van der Waals surface area (Å²) < 4.78 is 0. The van der Waals surface area contributed by atoms with Crippen molar-refractivity contribution in [3.63, 3.8) is 0 Å². The number of nitrogens with one attached hydrogen (secondary N) is 4. The first kappa shape index (κ1) is 20.2. The van der Waals surface area contributed by atoms with Crippen molar-refractivity contribution in [2.24, 2.45) is 5.92 Å². The van der Waals surface area contributed by atoms with Gasteiger partial charge >= 0.3 is 0 Å². The van der Waals surface area contributed by atoms with Crippen LogP contribution in [-0.4, -0.2) is 48.2 Å². The molecule has 1 unspecified atom stereocenters. The SMILES string of the molecule is Cl.O=C(CCNC(=O)c1n[nH]c2ccccc12)NCCC1CCCNC1. The largest absolute Gasteiger partial charge is 0.356 e. The van der Waals surface area contributed by atoms with Crippen molar-refractivity contribution in [2.75, 3.05) is 26.2 Å². The molecule has 142 valence electrons. The number of H-pyrrole nitrogens is 1. The number of piperidine rings is 1. The molecule has 1 atom stereocenters. The van der Waals surface area contributed by atoms with Gasteiger partial charge in [0.15, 0.2) is 5.69 Å². The maximum Gasteiger partial charge on any atom is 0.272 e. The highest BCUT2D eigenvalue weighted by molar-refractivity contribution is 6.04. The summed E-state index contributed by atoms with van der Waals surface area (Å²) in [4.78, 5) is 24.1. The highest BCUT2D eigenvalue weighted by Gasteiger charge is 2.14. The van der Waals surface area contributed by atoms with E-state index in [0.29, 0.717) is 24.7 Å². The van der Waals surface area contributed by atoms with Crippen LogP contribution in [0.2, 0.25) is 0 Å². The first-order valence-corrected chi connectivity index (χ1v) is 8.93. The first-order chi connectivity index (χ1) is 12.2. The average molecular weight is 380 g/mol. The van der Waals surface area contributed by atoms with Gasteiger partial charge in [0.25, 0.3) is 5.91 Å². The Bertz CT molecular complexity index is 727. The maximum atomic E-state index is 12.2. The molecule has 0 aliphatic carbocycles. The van der Waals surface area contributed by atoms with Crippen LogP contribution in [-0.2, 0) is 4.79 Å². The third-order valence-electron chi connectivity index (χ3n) is 4.60. The number of aromatic amines is 1. The summed E-state index contributed by atoms with van der Waals surface area (Å²) in [6, 6.07) is 7.47. The Morgan fingerprint density at radius 1 is 1.19 bits per heavy atom. The van der Waals surface area contributed by atoms with E-state index >= 15 is 0 Å². The Hall–Kier alpha value is -2.12. The van der Waals surface area contributed by atoms with Gasteiger partial charge in [0.2, 0.25) is 5.91 Å². The molecule has 3 rings (SSSR count). The van der Waals surface area contributed by atoms with E-state index in [-0.39, 0.29) is 30.6 Å². The minimum Gasteiger partial charge on any atom is -0.356 e. The summed E-state index contributed by atoms with van der Waals surface area (Å²) in [5, 5.41) is 16.7. The van der Waals surface area contributed by atoms with Crippen LogP contribution < -0.4 is 16.0 Å². The molecule has 8 heteroatoms. The number of carbonyl (C=O) groups is 2. The molecular weight excluding hydrogens is 354 g/mol. The van der Waals surface area contributed by atoms with E-state index in [0.717, 1.165) is 30.4 Å². The molecule has 2 heterocycles. The van der Waals surface area contributed by atoms with Crippen LogP contribution in [0.3, 0.4) is 0 Å². The zero-order valence-corrected chi connectivity index (χ0v) is 15.5. The van der Waals surface area contributed by atoms with Crippen molar-refractivity contribution in [1.82, 2.24) is 26.1 Å². The number of nitrogens with zero attached hydrogens (tertiary/aromatic N) is 1. The van der Waals surface area contributed by atoms with Gasteiger partial charge in [0, 0.05) is 24.9 Å². The maximum absolute atomic E-state index is 12.2. The number of halogens is 1. The predicted octanol–water partition coefficient (Wildman–Crippen LogP) is 1.61. The lowest BCUT2D eigenvalue weighted by Crippen LogP contribution is -2.34. The summed E-state index contributed by atoms with van der Waals surface area (Å²) in [6.45, 7) is 3.15. The lowest BCUT2D eigenvalue weighted by Gasteiger charge is -2.22. The predicted molar refractivity (Wildman–Crippen MR) is 104 cm³/mol. The number of carbonyl (C=O) groups excluding carboxylic acids is 2. The molecule has 2 amide bonds. The van der Waals surface area contributed by atoms with Gasteiger partial charge in [-0.15, -0.1) is 12.4 Å². The molecule has 26 heavy (non-hydrogen) atoms. The highest BCUT2D eigenvalue weighted by atomic mass is 35.5. The number of fused-ring (bicyclic) bond motifs is 1. The number of aromatic nitrogens is 2. The van der Waals surface area contributed by atoms with Gasteiger partial charge in [-0.25, -0.2) is 0 Å². The van der Waals surface area contributed by atoms with Crippen LogP contribution in [0.1, 0.15) is 36.2 Å². The van der Waals surface area contributed by atoms with Crippen LogP contribution in [0, 0.1) is 5.92 Å². The second-order valence-electron chi connectivity index (χ2n) is 6.47. The fourth-order valence-electron chi connectivity index (χ4n) is 3.18. The Labute approximate surface area is 159 Å². The highest BCUT2D eigenvalue weighted by Crippen LogP contribution is 2.15. The Balaban J connectivity index is 0.00000243. The van der Waals surface area contributed by atoms with Gasteiger partial charge < -0.3 is 16.0 Å². The number of hydrogen-bond donors (Lipinski definition) is 4. The molecule has 1 fully saturated rings. The van der Waals surface area contributed by atoms with E-state index in [1.807, 2.05) is 24.3 Å². The average Bonchev–Trinajstić information content (AvgIpc) is 3.07. The molecular formula is C18H26ClN5O2. The minimum atomic E-state index is -0.265. The number of hydrogen-bond acceptors (Lipinski definition) is 4.